The average molecular weight is 213 g/mol. The van der Waals surface area contributed by atoms with Gasteiger partial charge in [-0.1, -0.05) is 6.07 Å². The second-order valence-electron chi connectivity index (χ2n) is 3.74. The molecule has 0 unspecified atom stereocenters. The Hall–Kier alpha value is -2.30. The first-order chi connectivity index (χ1) is 7.72. The highest BCUT2D eigenvalue weighted by molar-refractivity contribution is 5.81. The number of anilines is 1. The molecule has 0 atom stereocenters. The normalized spacial score (nSPS) is 11.1. The third-order valence-corrected chi connectivity index (χ3v) is 2.51. The van der Waals surface area contributed by atoms with Gasteiger partial charge in [0.2, 0.25) is 0 Å². The van der Waals surface area contributed by atoms with Crippen molar-refractivity contribution in [3.05, 3.63) is 30.2 Å². The van der Waals surface area contributed by atoms with Crippen LogP contribution in [0, 0.1) is 6.92 Å². The summed E-state index contributed by atoms with van der Waals surface area (Å²) in [6, 6.07) is 6.00. The molecule has 5 heteroatoms. The first-order valence-corrected chi connectivity index (χ1v) is 4.99. The Morgan fingerprint density at radius 1 is 1.25 bits per heavy atom. The van der Waals surface area contributed by atoms with Crippen molar-refractivity contribution in [1.29, 1.82) is 0 Å². The van der Waals surface area contributed by atoms with E-state index >= 15 is 0 Å². The standard InChI is InChI=1S/C11H11N5/c1-6-14-8-3-2-7(4-9(8)15-6)10-5-13-11(12)16-10/h2-5H,1H3,(H,14,15)(H3,12,13,16). The summed E-state index contributed by atoms with van der Waals surface area (Å²) in [5, 5.41) is 0. The molecule has 1 aromatic carbocycles. The molecule has 0 saturated heterocycles. The summed E-state index contributed by atoms with van der Waals surface area (Å²) in [6.45, 7) is 1.94. The number of aromatic amines is 2. The number of hydrogen-bond acceptors (Lipinski definition) is 3. The molecule has 2 aromatic heterocycles. The zero-order valence-electron chi connectivity index (χ0n) is 8.78. The lowest BCUT2D eigenvalue weighted by Crippen LogP contribution is -1.85. The molecule has 2 heterocycles. The summed E-state index contributed by atoms with van der Waals surface area (Å²) >= 11 is 0. The van der Waals surface area contributed by atoms with Gasteiger partial charge in [-0.15, -0.1) is 0 Å². The SMILES string of the molecule is Cc1nc2ccc(-c3cnc(N)[nH]3)cc2[nH]1. The molecule has 4 N–H and O–H groups in total. The van der Waals surface area contributed by atoms with Crippen LogP contribution >= 0.6 is 0 Å². The lowest BCUT2D eigenvalue weighted by atomic mass is 10.1. The average Bonchev–Trinajstić information content (AvgIpc) is 2.81. The molecule has 0 radical (unpaired) electrons. The third-order valence-electron chi connectivity index (χ3n) is 2.51. The summed E-state index contributed by atoms with van der Waals surface area (Å²) in [5.41, 5.74) is 9.48. The van der Waals surface area contributed by atoms with Gasteiger partial charge in [0.05, 0.1) is 22.9 Å². The Kier molecular flexibility index (Phi) is 1.73. The van der Waals surface area contributed by atoms with Crippen molar-refractivity contribution in [2.45, 2.75) is 6.92 Å². The summed E-state index contributed by atoms with van der Waals surface area (Å²) in [5.74, 6) is 1.34. The largest absolute Gasteiger partial charge is 0.369 e. The van der Waals surface area contributed by atoms with Gasteiger partial charge in [-0.25, -0.2) is 9.97 Å². The minimum Gasteiger partial charge on any atom is -0.369 e. The minimum absolute atomic E-state index is 0.427. The number of rotatable bonds is 1. The predicted octanol–water partition coefficient (Wildman–Crippen LogP) is 1.84. The van der Waals surface area contributed by atoms with E-state index in [1.54, 1.807) is 6.20 Å². The Morgan fingerprint density at radius 2 is 2.12 bits per heavy atom. The second-order valence-corrected chi connectivity index (χ2v) is 3.74. The fraction of sp³-hybridized carbons (Fsp3) is 0.0909. The first kappa shape index (κ1) is 8.96. The summed E-state index contributed by atoms with van der Waals surface area (Å²) in [6.07, 6.45) is 1.72. The summed E-state index contributed by atoms with van der Waals surface area (Å²) in [7, 11) is 0. The van der Waals surface area contributed by atoms with Crippen LogP contribution in [0.25, 0.3) is 22.3 Å². The Morgan fingerprint density at radius 3 is 2.88 bits per heavy atom. The molecular formula is C11H11N5. The Bertz CT molecular complexity index is 649. The molecule has 3 aromatic rings. The molecule has 3 rings (SSSR count). The molecule has 16 heavy (non-hydrogen) atoms. The number of nitrogens with two attached hydrogens (primary N) is 1. The van der Waals surface area contributed by atoms with Crippen molar-refractivity contribution < 1.29 is 0 Å². The van der Waals surface area contributed by atoms with Gasteiger partial charge in [-0.3, -0.25) is 0 Å². The molecule has 0 aliphatic heterocycles. The number of imidazole rings is 2. The number of fused-ring (bicyclic) bond motifs is 1. The van der Waals surface area contributed by atoms with Crippen molar-refractivity contribution in [3.8, 4) is 11.3 Å². The van der Waals surface area contributed by atoms with E-state index in [4.69, 9.17) is 5.73 Å². The molecule has 0 fully saturated rings. The number of benzene rings is 1. The van der Waals surface area contributed by atoms with Crippen LogP contribution in [-0.4, -0.2) is 19.9 Å². The van der Waals surface area contributed by atoms with E-state index in [2.05, 4.69) is 19.9 Å². The maximum absolute atomic E-state index is 5.55. The van der Waals surface area contributed by atoms with Crippen molar-refractivity contribution >= 4 is 17.0 Å². The number of aromatic nitrogens is 4. The van der Waals surface area contributed by atoms with E-state index in [1.807, 2.05) is 25.1 Å². The monoisotopic (exact) mass is 213 g/mol. The Balaban J connectivity index is 2.17. The zero-order chi connectivity index (χ0) is 11.1. The summed E-state index contributed by atoms with van der Waals surface area (Å²) in [4.78, 5) is 14.5. The fourth-order valence-electron chi connectivity index (χ4n) is 1.79. The molecule has 0 spiro atoms. The lowest BCUT2D eigenvalue weighted by molar-refractivity contribution is 1.17. The van der Waals surface area contributed by atoms with E-state index in [0.717, 1.165) is 28.1 Å². The predicted molar refractivity (Wildman–Crippen MR) is 62.8 cm³/mol. The summed E-state index contributed by atoms with van der Waals surface area (Å²) < 4.78 is 0. The van der Waals surface area contributed by atoms with Crippen LogP contribution in [0.5, 0.6) is 0 Å². The molecule has 0 bridgehead atoms. The highest BCUT2D eigenvalue weighted by Gasteiger charge is 2.04. The number of nitrogen functional groups attached to an aromatic ring is 1. The lowest BCUT2D eigenvalue weighted by Gasteiger charge is -1.96. The van der Waals surface area contributed by atoms with E-state index in [1.165, 1.54) is 0 Å². The molecule has 80 valence electrons. The van der Waals surface area contributed by atoms with E-state index in [0.29, 0.717) is 5.95 Å². The molecular weight excluding hydrogens is 202 g/mol. The highest BCUT2D eigenvalue weighted by Crippen LogP contribution is 2.22. The molecule has 0 amide bonds. The van der Waals surface area contributed by atoms with Crippen LogP contribution in [0.1, 0.15) is 5.82 Å². The van der Waals surface area contributed by atoms with Gasteiger partial charge >= 0.3 is 0 Å². The molecule has 0 aliphatic rings. The quantitative estimate of drug-likeness (QED) is 0.576. The number of nitrogens with zero attached hydrogens (tertiary/aromatic N) is 2. The van der Waals surface area contributed by atoms with Crippen LogP contribution in [0.4, 0.5) is 5.95 Å². The van der Waals surface area contributed by atoms with Crippen molar-refractivity contribution in [2.24, 2.45) is 0 Å². The van der Waals surface area contributed by atoms with Gasteiger partial charge in [0, 0.05) is 5.56 Å². The van der Waals surface area contributed by atoms with Gasteiger partial charge < -0.3 is 15.7 Å². The van der Waals surface area contributed by atoms with Crippen LogP contribution in [-0.2, 0) is 0 Å². The van der Waals surface area contributed by atoms with Crippen molar-refractivity contribution in [2.75, 3.05) is 5.73 Å². The molecule has 0 saturated carbocycles. The molecule has 5 nitrogen and oxygen atoms in total. The van der Waals surface area contributed by atoms with Crippen LogP contribution in [0.15, 0.2) is 24.4 Å². The van der Waals surface area contributed by atoms with E-state index in [-0.39, 0.29) is 0 Å². The first-order valence-electron chi connectivity index (χ1n) is 4.99. The Labute approximate surface area is 91.7 Å². The second kappa shape index (κ2) is 3.10. The van der Waals surface area contributed by atoms with Gasteiger partial charge in [0.15, 0.2) is 5.95 Å². The van der Waals surface area contributed by atoms with Crippen LogP contribution < -0.4 is 5.73 Å². The highest BCUT2D eigenvalue weighted by atomic mass is 15.0. The number of aryl methyl sites for hydroxylation is 1. The van der Waals surface area contributed by atoms with Crippen molar-refractivity contribution in [1.82, 2.24) is 19.9 Å². The van der Waals surface area contributed by atoms with Gasteiger partial charge in [-0.05, 0) is 19.1 Å². The van der Waals surface area contributed by atoms with Gasteiger partial charge in [-0.2, -0.15) is 0 Å². The number of nitrogens with one attached hydrogen (secondary N) is 2. The topological polar surface area (TPSA) is 83.4 Å². The molecule has 0 aliphatic carbocycles. The van der Waals surface area contributed by atoms with Gasteiger partial charge in [0.1, 0.15) is 5.82 Å². The van der Waals surface area contributed by atoms with Crippen LogP contribution in [0.2, 0.25) is 0 Å². The smallest absolute Gasteiger partial charge is 0.197 e. The van der Waals surface area contributed by atoms with Gasteiger partial charge in [0.25, 0.3) is 0 Å². The fourth-order valence-corrected chi connectivity index (χ4v) is 1.79. The third kappa shape index (κ3) is 1.33. The minimum atomic E-state index is 0.427. The number of H-pyrrole nitrogens is 2. The zero-order valence-corrected chi connectivity index (χ0v) is 8.78. The maximum atomic E-state index is 5.55. The van der Waals surface area contributed by atoms with E-state index in [9.17, 15) is 0 Å². The van der Waals surface area contributed by atoms with Crippen LogP contribution in [0.3, 0.4) is 0 Å². The maximum Gasteiger partial charge on any atom is 0.197 e. The van der Waals surface area contributed by atoms with Crippen molar-refractivity contribution in [3.63, 3.8) is 0 Å². The van der Waals surface area contributed by atoms with E-state index < -0.39 is 0 Å². The number of hydrogen-bond donors (Lipinski definition) is 3.